The molecule has 0 radical (unpaired) electrons. The highest BCUT2D eigenvalue weighted by atomic mass is 16.7. The van der Waals surface area contributed by atoms with Crippen LogP contribution in [-0.4, -0.2) is 96.4 Å². The number of carbonyl (C=O) groups excluding carboxylic acids is 7. The molecule has 0 unspecified atom stereocenters. The van der Waals surface area contributed by atoms with Gasteiger partial charge in [0.2, 0.25) is 0 Å². The number of fused-ring (bicyclic) bond motifs is 5. The van der Waals surface area contributed by atoms with Gasteiger partial charge in [-0.05, 0) is 55.4 Å². The van der Waals surface area contributed by atoms with Crippen molar-refractivity contribution in [3.05, 3.63) is 11.6 Å². The molecule has 3 saturated carbocycles. The Balaban J connectivity index is 1.39. The Bertz CT molecular complexity index is 1430. The van der Waals surface area contributed by atoms with Crippen LogP contribution < -0.4 is 0 Å². The van der Waals surface area contributed by atoms with Crippen molar-refractivity contribution in [2.45, 2.75) is 116 Å². The third-order valence-electron chi connectivity index (χ3n) is 11.5. The Kier molecular flexibility index (Phi) is 9.76. The molecular weight excluding hydrogens is 632 g/mol. The number of rotatable bonds is 8. The Labute approximate surface area is 278 Å². The van der Waals surface area contributed by atoms with Crippen LogP contribution in [0, 0.1) is 28.6 Å². The molecule has 0 aromatic heterocycles. The second kappa shape index (κ2) is 13.1. The molecule has 1 N–H and O–H groups in total. The Hall–Kier alpha value is -3.49. The van der Waals surface area contributed by atoms with Crippen LogP contribution in [-0.2, 0) is 62.0 Å². The quantitative estimate of drug-likeness (QED) is 0.288. The molecule has 48 heavy (non-hydrogen) atoms. The van der Waals surface area contributed by atoms with Crippen molar-refractivity contribution < 1.29 is 67.1 Å². The average Bonchev–Trinajstić information content (AvgIpc) is 3.27. The first-order valence-electron chi connectivity index (χ1n) is 16.4. The normalized spacial score (nSPS) is 40.4. The lowest BCUT2D eigenvalue weighted by Gasteiger charge is -2.57. The molecule has 0 aromatic carbocycles. The maximum Gasteiger partial charge on any atom is 0.339 e. The standard InChI is InChI=1S/C34H44O14/c1-16(35)45-26-27(46-17(2)36)29(47-18(3)37)31(48-28(26)30(41)43-6)44-15-24(40)34(42)12-10-22-21-8-7-19-13-20(38)9-11-32(19,4)25(21)23(39)14-33(22,34)5/h13,21-22,25-29,31,42H,7-12,14-15H2,1-6H3/t21-,22-,25+,26+,27+,28+,29-,31-,32+,33-,34-/m1/s1. The van der Waals surface area contributed by atoms with Gasteiger partial charge in [-0.2, -0.15) is 0 Å². The number of ether oxygens (including phenoxy) is 6. The maximum atomic E-state index is 14.0. The van der Waals surface area contributed by atoms with Crippen molar-refractivity contribution in [1.82, 2.24) is 0 Å². The van der Waals surface area contributed by atoms with Crippen LogP contribution in [0.3, 0.4) is 0 Å². The van der Waals surface area contributed by atoms with Crippen LogP contribution in [0.25, 0.3) is 0 Å². The van der Waals surface area contributed by atoms with Gasteiger partial charge in [0.1, 0.15) is 18.0 Å². The summed E-state index contributed by atoms with van der Waals surface area (Å²) in [6.07, 6.45) is -3.64. The lowest BCUT2D eigenvalue weighted by atomic mass is 9.46. The minimum absolute atomic E-state index is 0.0309. The highest BCUT2D eigenvalue weighted by Gasteiger charge is 2.68. The van der Waals surface area contributed by atoms with Crippen molar-refractivity contribution in [3.8, 4) is 0 Å². The SMILES string of the molecule is COC(=O)[C@H]1O[C@@H](OCC(=O)[C@]2(O)CC[C@@H]3[C@H]4CCC5=CC(=O)CC[C@]5(C)[C@@H]4C(=O)C[C@]32C)[C@H](OC(C)=O)[C@@H](OC(C)=O)[C@@H]1OC(C)=O. The maximum absolute atomic E-state index is 14.0. The first-order valence-corrected chi connectivity index (χ1v) is 16.4. The van der Waals surface area contributed by atoms with Crippen molar-refractivity contribution in [1.29, 1.82) is 0 Å². The van der Waals surface area contributed by atoms with Crippen molar-refractivity contribution in [3.63, 3.8) is 0 Å². The minimum Gasteiger partial charge on any atom is -0.467 e. The summed E-state index contributed by atoms with van der Waals surface area (Å²) in [5, 5.41) is 12.1. The molecule has 14 heteroatoms. The second-order valence-corrected chi connectivity index (χ2v) is 14.2. The fourth-order valence-electron chi connectivity index (χ4n) is 9.34. The zero-order valence-corrected chi connectivity index (χ0v) is 28.1. The Morgan fingerprint density at radius 3 is 2.15 bits per heavy atom. The van der Waals surface area contributed by atoms with Gasteiger partial charge < -0.3 is 33.5 Å². The summed E-state index contributed by atoms with van der Waals surface area (Å²) in [6, 6.07) is 0. The zero-order chi connectivity index (χ0) is 35.3. The fraction of sp³-hybridized carbons (Fsp3) is 0.735. The molecule has 0 aromatic rings. The molecule has 0 spiro atoms. The van der Waals surface area contributed by atoms with Crippen molar-refractivity contribution in [2.24, 2.45) is 28.6 Å². The first kappa shape index (κ1) is 35.8. The van der Waals surface area contributed by atoms with Gasteiger partial charge in [0, 0.05) is 44.9 Å². The molecular formula is C34H44O14. The molecule has 264 valence electrons. The van der Waals surface area contributed by atoms with E-state index in [1.807, 2.05) is 0 Å². The number of Topliss-reactive ketones (excluding diaryl/α,β-unsaturated/α-hetero) is 2. The monoisotopic (exact) mass is 676 g/mol. The summed E-state index contributed by atoms with van der Waals surface area (Å²) >= 11 is 0. The highest BCUT2D eigenvalue weighted by Crippen LogP contribution is 2.66. The van der Waals surface area contributed by atoms with Crippen LogP contribution >= 0.6 is 0 Å². The molecule has 4 fully saturated rings. The number of aliphatic hydroxyl groups is 1. The number of methoxy groups -OCH3 is 1. The summed E-state index contributed by atoms with van der Waals surface area (Å²) in [5.41, 5.74) is -2.49. The van der Waals surface area contributed by atoms with Gasteiger partial charge in [0.15, 0.2) is 42.3 Å². The van der Waals surface area contributed by atoms with Crippen LogP contribution in [0.1, 0.15) is 79.6 Å². The minimum atomic E-state index is -1.96. The summed E-state index contributed by atoms with van der Waals surface area (Å²) < 4.78 is 32.3. The molecule has 14 nitrogen and oxygen atoms in total. The molecule has 5 rings (SSSR count). The molecule has 4 aliphatic carbocycles. The lowest BCUT2D eigenvalue weighted by molar-refractivity contribution is -0.300. The topological polar surface area (TPSA) is 195 Å². The van der Waals surface area contributed by atoms with E-state index in [1.54, 1.807) is 13.0 Å². The summed E-state index contributed by atoms with van der Waals surface area (Å²) in [7, 11) is 1.05. The second-order valence-electron chi connectivity index (χ2n) is 14.2. The van der Waals surface area contributed by atoms with Crippen LogP contribution in [0.15, 0.2) is 11.6 Å². The number of hydrogen-bond acceptors (Lipinski definition) is 14. The highest BCUT2D eigenvalue weighted by molar-refractivity contribution is 5.94. The molecule has 0 amide bonds. The van der Waals surface area contributed by atoms with Gasteiger partial charge in [-0.1, -0.05) is 19.4 Å². The van der Waals surface area contributed by atoms with Gasteiger partial charge in [0.25, 0.3) is 0 Å². The number of esters is 4. The first-order chi connectivity index (χ1) is 22.5. The van der Waals surface area contributed by atoms with E-state index in [-0.39, 0.29) is 42.2 Å². The Morgan fingerprint density at radius 2 is 1.52 bits per heavy atom. The predicted molar refractivity (Wildman–Crippen MR) is 160 cm³/mol. The molecule has 1 aliphatic heterocycles. The third-order valence-corrected chi connectivity index (χ3v) is 11.5. The molecule has 11 atom stereocenters. The van der Waals surface area contributed by atoms with E-state index in [2.05, 4.69) is 6.92 Å². The van der Waals surface area contributed by atoms with Gasteiger partial charge in [-0.25, -0.2) is 4.79 Å². The van der Waals surface area contributed by atoms with E-state index in [0.717, 1.165) is 33.5 Å². The summed E-state index contributed by atoms with van der Waals surface area (Å²) in [5.74, 6) is -4.85. The number of carbonyl (C=O) groups is 7. The molecule has 5 aliphatic rings. The largest absolute Gasteiger partial charge is 0.467 e. The zero-order valence-electron chi connectivity index (χ0n) is 28.1. The van der Waals surface area contributed by atoms with E-state index < -0.39 is 83.4 Å². The molecule has 0 bridgehead atoms. The number of hydrogen-bond donors (Lipinski definition) is 1. The van der Waals surface area contributed by atoms with E-state index in [1.165, 1.54) is 0 Å². The van der Waals surface area contributed by atoms with Crippen molar-refractivity contribution >= 4 is 41.2 Å². The van der Waals surface area contributed by atoms with E-state index in [4.69, 9.17) is 28.4 Å². The molecule has 1 heterocycles. The predicted octanol–water partition coefficient (Wildman–Crippen LogP) is 1.71. The van der Waals surface area contributed by atoms with Crippen molar-refractivity contribution in [2.75, 3.05) is 13.7 Å². The van der Waals surface area contributed by atoms with Crippen LogP contribution in [0.5, 0.6) is 0 Å². The van der Waals surface area contributed by atoms with E-state index in [0.29, 0.717) is 32.1 Å². The van der Waals surface area contributed by atoms with Gasteiger partial charge >= 0.3 is 23.9 Å². The van der Waals surface area contributed by atoms with Crippen LogP contribution in [0.2, 0.25) is 0 Å². The number of allylic oxidation sites excluding steroid dienone is 1. The number of ketones is 3. The molecule has 1 saturated heterocycles. The fourth-order valence-corrected chi connectivity index (χ4v) is 9.34. The van der Waals surface area contributed by atoms with Gasteiger partial charge in [-0.15, -0.1) is 0 Å². The third kappa shape index (κ3) is 6.00. The smallest absolute Gasteiger partial charge is 0.339 e. The van der Waals surface area contributed by atoms with E-state index in [9.17, 15) is 38.7 Å². The average molecular weight is 677 g/mol. The summed E-state index contributed by atoms with van der Waals surface area (Å²) in [6.45, 7) is 6.21. The van der Waals surface area contributed by atoms with Gasteiger partial charge in [-0.3, -0.25) is 28.8 Å². The van der Waals surface area contributed by atoms with E-state index >= 15 is 0 Å². The Morgan fingerprint density at radius 1 is 0.896 bits per heavy atom. The van der Waals surface area contributed by atoms with Crippen LogP contribution in [0.4, 0.5) is 0 Å². The lowest BCUT2D eigenvalue weighted by Crippen LogP contribution is -2.64. The summed E-state index contributed by atoms with van der Waals surface area (Å²) in [4.78, 5) is 89.1. The van der Waals surface area contributed by atoms with Gasteiger partial charge in [0.05, 0.1) is 7.11 Å².